The second-order valence-electron chi connectivity index (χ2n) is 4.62. The first-order valence-corrected chi connectivity index (χ1v) is 8.04. The van der Waals surface area contributed by atoms with Crippen molar-refractivity contribution >= 4 is 28.8 Å². The molecule has 1 aromatic carbocycles. The van der Waals surface area contributed by atoms with Gasteiger partial charge in [0, 0.05) is 5.02 Å². The van der Waals surface area contributed by atoms with Crippen molar-refractivity contribution in [3.63, 3.8) is 0 Å². The molecule has 0 saturated carbocycles. The number of rotatable bonds is 5. The van der Waals surface area contributed by atoms with E-state index in [1.165, 1.54) is 11.3 Å². The fourth-order valence-electron chi connectivity index (χ4n) is 2.18. The number of thiophene rings is 1. The second kappa shape index (κ2) is 6.91. The molecule has 20 heavy (non-hydrogen) atoms. The summed E-state index contributed by atoms with van der Waals surface area (Å²) in [6, 6.07) is 9.66. The molecule has 0 aliphatic carbocycles. The summed E-state index contributed by atoms with van der Waals surface area (Å²) in [4.78, 5) is 13.2. The zero-order valence-corrected chi connectivity index (χ0v) is 13.2. The molecule has 0 spiro atoms. The van der Waals surface area contributed by atoms with Crippen molar-refractivity contribution in [3.8, 4) is 0 Å². The molecule has 106 valence electrons. The van der Waals surface area contributed by atoms with Crippen LogP contribution in [0, 0.1) is 0 Å². The largest absolute Gasteiger partial charge is 0.345 e. The van der Waals surface area contributed by atoms with Gasteiger partial charge in [-0.2, -0.15) is 0 Å². The first-order chi connectivity index (χ1) is 9.65. The summed E-state index contributed by atoms with van der Waals surface area (Å²) >= 11 is 7.51. The smallest absolute Gasteiger partial charge is 0.262 e. The molecule has 0 bridgehead atoms. The third kappa shape index (κ3) is 3.41. The summed E-state index contributed by atoms with van der Waals surface area (Å²) in [5, 5.41) is 5.76. The molecular weight excluding hydrogens is 290 g/mol. The minimum atomic E-state index is -0.00648. The molecule has 1 unspecified atom stereocenters. The van der Waals surface area contributed by atoms with E-state index in [0.717, 1.165) is 28.8 Å². The molecule has 1 atom stereocenters. The molecule has 0 aliphatic heterocycles. The number of aryl methyl sites for hydroxylation is 1. The predicted molar refractivity (Wildman–Crippen MR) is 85.6 cm³/mol. The van der Waals surface area contributed by atoms with Gasteiger partial charge in [0.05, 0.1) is 10.9 Å². The van der Waals surface area contributed by atoms with Gasteiger partial charge in [-0.3, -0.25) is 4.79 Å². The lowest BCUT2D eigenvalue weighted by molar-refractivity contribution is 0.0939. The fourth-order valence-corrected chi connectivity index (χ4v) is 3.28. The van der Waals surface area contributed by atoms with Crippen LogP contribution in [0.1, 0.15) is 47.1 Å². The van der Waals surface area contributed by atoms with E-state index in [2.05, 4.69) is 19.2 Å². The monoisotopic (exact) mass is 307 g/mol. The Kier molecular flexibility index (Phi) is 5.21. The maximum Gasteiger partial charge on any atom is 0.262 e. The predicted octanol–water partition coefficient (Wildman–Crippen LogP) is 4.85. The van der Waals surface area contributed by atoms with Crippen LogP contribution in [0.3, 0.4) is 0 Å². The molecule has 2 rings (SSSR count). The van der Waals surface area contributed by atoms with Gasteiger partial charge < -0.3 is 5.32 Å². The van der Waals surface area contributed by atoms with Crippen LogP contribution < -0.4 is 5.32 Å². The number of carbonyl (C=O) groups excluding carboxylic acids is 1. The number of nitrogens with one attached hydrogen (secondary N) is 1. The molecule has 1 N–H and O–H groups in total. The molecule has 1 amide bonds. The number of halogens is 1. The van der Waals surface area contributed by atoms with Crippen LogP contribution in [0.25, 0.3) is 0 Å². The highest BCUT2D eigenvalue weighted by molar-refractivity contribution is 7.12. The quantitative estimate of drug-likeness (QED) is 0.841. The normalized spacial score (nSPS) is 12.2. The highest BCUT2D eigenvalue weighted by Crippen LogP contribution is 2.23. The van der Waals surface area contributed by atoms with Crippen LogP contribution in [0.15, 0.2) is 35.7 Å². The lowest BCUT2D eigenvalue weighted by atomic mass is 10.0. The van der Waals surface area contributed by atoms with Crippen LogP contribution in [0.5, 0.6) is 0 Å². The Labute approximate surface area is 128 Å². The summed E-state index contributed by atoms with van der Waals surface area (Å²) in [5.41, 5.74) is 2.15. The molecular formula is C16H18ClNOS. The standard InChI is InChI=1S/C16H18ClNOS/c1-3-11-8-9-20-15(11)16(19)18-14(4-2)12-6-5-7-13(17)10-12/h5-10,14H,3-4H2,1-2H3,(H,18,19). The van der Waals surface area contributed by atoms with Crippen LogP contribution in [-0.4, -0.2) is 5.91 Å². The van der Waals surface area contributed by atoms with Crippen molar-refractivity contribution in [3.05, 3.63) is 56.7 Å². The molecule has 1 heterocycles. The Morgan fingerprint density at radius 2 is 2.15 bits per heavy atom. The van der Waals surface area contributed by atoms with Crippen LogP contribution in [-0.2, 0) is 6.42 Å². The van der Waals surface area contributed by atoms with Gasteiger partial charge in [-0.1, -0.05) is 37.6 Å². The van der Waals surface area contributed by atoms with Gasteiger partial charge in [-0.25, -0.2) is 0 Å². The van der Waals surface area contributed by atoms with Gasteiger partial charge in [-0.15, -0.1) is 11.3 Å². The van der Waals surface area contributed by atoms with E-state index in [4.69, 9.17) is 11.6 Å². The summed E-state index contributed by atoms with van der Waals surface area (Å²) < 4.78 is 0. The van der Waals surface area contributed by atoms with Gasteiger partial charge >= 0.3 is 0 Å². The summed E-state index contributed by atoms with van der Waals surface area (Å²) in [7, 11) is 0. The molecule has 2 nitrogen and oxygen atoms in total. The topological polar surface area (TPSA) is 29.1 Å². The molecule has 0 aliphatic rings. The van der Waals surface area contributed by atoms with Gasteiger partial charge in [-0.05, 0) is 47.5 Å². The van der Waals surface area contributed by atoms with E-state index in [-0.39, 0.29) is 11.9 Å². The average molecular weight is 308 g/mol. The molecule has 0 radical (unpaired) electrons. The van der Waals surface area contributed by atoms with Crippen molar-refractivity contribution in [2.24, 2.45) is 0 Å². The maximum atomic E-state index is 12.4. The van der Waals surface area contributed by atoms with Gasteiger partial charge in [0.25, 0.3) is 5.91 Å². The van der Waals surface area contributed by atoms with E-state index in [9.17, 15) is 4.79 Å². The van der Waals surface area contributed by atoms with Crippen molar-refractivity contribution in [1.82, 2.24) is 5.32 Å². The Morgan fingerprint density at radius 1 is 1.35 bits per heavy atom. The highest BCUT2D eigenvalue weighted by Gasteiger charge is 2.17. The average Bonchev–Trinajstić information content (AvgIpc) is 2.93. The molecule has 2 aromatic rings. The van der Waals surface area contributed by atoms with E-state index in [1.54, 1.807) is 0 Å². The van der Waals surface area contributed by atoms with E-state index in [1.807, 2.05) is 35.7 Å². The lowest BCUT2D eigenvalue weighted by Crippen LogP contribution is -2.28. The van der Waals surface area contributed by atoms with E-state index in [0.29, 0.717) is 5.02 Å². The number of hydrogen-bond donors (Lipinski definition) is 1. The van der Waals surface area contributed by atoms with Crippen molar-refractivity contribution in [2.75, 3.05) is 0 Å². The summed E-state index contributed by atoms with van der Waals surface area (Å²) in [6.45, 7) is 4.12. The molecule has 0 fully saturated rings. The highest BCUT2D eigenvalue weighted by atomic mass is 35.5. The summed E-state index contributed by atoms with van der Waals surface area (Å²) in [6.07, 6.45) is 1.71. The van der Waals surface area contributed by atoms with E-state index < -0.39 is 0 Å². The maximum absolute atomic E-state index is 12.4. The fraction of sp³-hybridized carbons (Fsp3) is 0.312. The van der Waals surface area contributed by atoms with Crippen molar-refractivity contribution in [2.45, 2.75) is 32.7 Å². The Bertz CT molecular complexity index is 594. The van der Waals surface area contributed by atoms with Gasteiger partial charge in [0.1, 0.15) is 0 Å². The van der Waals surface area contributed by atoms with Crippen molar-refractivity contribution in [1.29, 1.82) is 0 Å². The van der Waals surface area contributed by atoms with Gasteiger partial charge in [0.2, 0.25) is 0 Å². The van der Waals surface area contributed by atoms with Crippen molar-refractivity contribution < 1.29 is 4.79 Å². The lowest BCUT2D eigenvalue weighted by Gasteiger charge is -2.17. The number of benzene rings is 1. The van der Waals surface area contributed by atoms with Crippen LogP contribution in [0.2, 0.25) is 5.02 Å². The Morgan fingerprint density at radius 3 is 2.80 bits per heavy atom. The first-order valence-electron chi connectivity index (χ1n) is 6.78. The number of hydrogen-bond acceptors (Lipinski definition) is 2. The third-order valence-electron chi connectivity index (χ3n) is 3.30. The molecule has 4 heteroatoms. The minimum absolute atomic E-state index is 0.00340. The zero-order valence-electron chi connectivity index (χ0n) is 11.7. The number of amides is 1. The second-order valence-corrected chi connectivity index (χ2v) is 5.97. The SMILES string of the molecule is CCc1ccsc1C(=O)NC(CC)c1cccc(Cl)c1. The third-order valence-corrected chi connectivity index (χ3v) is 4.49. The minimum Gasteiger partial charge on any atom is -0.345 e. The molecule has 0 saturated heterocycles. The van der Waals surface area contributed by atoms with Crippen LogP contribution in [0.4, 0.5) is 0 Å². The first kappa shape index (κ1) is 15.1. The zero-order chi connectivity index (χ0) is 14.5. The Balaban J connectivity index is 2.16. The van der Waals surface area contributed by atoms with Crippen LogP contribution >= 0.6 is 22.9 Å². The molecule has 1 aromatic heterocycles. The van der Waals surface area contributed by atoms with E-state index >= 15 is 0 Å². The summed E-state index contributed by atoms with van der Waals surface area (Å²) in [5.74, 6) is 0.00340. The Hall–Kier alpha value is -1.32. The number of carbonyl (C=O) groups is 1. The van der Waals surface area contributed by atoms with Gasteiger partial charge in [0.15, 0.2) is 0 Å².